The molecule has 20 heavy (non-hydrogen) atoms. The van der Waals surface area contributed by atoms with E-state index in [1.165, 1.54) is 25.0 Å². The van der Waals surface area contributed by atoms with Crippen LogP contribution in [-0.4, -0.2) is 33.1 Å². The summed E-state index contributed by atoms with van der Waals surface area (Å²) in [6.45, 7) is 3.01. The molecule has 1 fully saturated rings. The van der Waals surface area contributed by atoms with Crippen molar-refractivity contribution in [3.05, 3.63) is 29.6 Å². The number of aromatic nitrogens is 1. The zero-order chi connectivity index (χ0) is 14.4. The van der Waals surface area contributed by atoms with Crippen LogP contribution in [0.25, 0.3) is 0 Å². The molecule has 0 saturated heterocycles. The second kappa shape index (κ2) is 7.50. The molecule has 1 aliphatic rings. The molecule has 2 rings (SSSR count). The van der Waals surface area contributed by atoms with Gasteiger partial charge in [-0.3, -0.25) is 4.98 Å². The first-order valence-corrected chi connectivity index (χ1v) is 8.05. The van der Waals surface area contributed by atoms with E-state index in [-0.39, 0.29) is 5.84 Å². The third-order valence-corrected chi connectivity index (χ3v) is 4.81. The maximum atomic E-state index is 8.67. The molecule has 1 aromatic rings. The van der Waals surface area contributed by atoms with Crippen LogP contribution in [-0.2, 0) is 6.54 Å². The third-order valence-electron chi connectivity index (χ3n) is 3.58. The van der Waals surface area contributed by atoms with Crippen molar-refractivity contribution in [1.29, 1.82) is 0 Å². The number of nitrogens with two attached hydrogens (primary N) is 1. The molecule has 1 aliphatic carbocycles. The van der Waals surface area contributed by atoms with Gasteiger partial charge in [-0.2, -0.15) is 11.8 Å². The van der Waals surface area contributed by atoms with Gasteiger partial charge in [0.05, 0.1) is 0 Å². The van der Waals surface area contributed by atoms with Gasteiger partial charge >= 0.3 is 0 Å². The Kier molecular flexibility index (Phi) is 5.67. The zero-order valence-corrected chi connectivity index (χ0v) is 12.6. The van der Waals surface area contributed by atoms with Crippen molar-refractivity contribution in [2.24, 2.45) is 10.9 Å². The summed E-state index contributed by atoms with van der Waals surface area (Å²) in [5, 5.41) is 16.0. The molecule has 110 valence electrons. The molecule has 1 saturated carbocycles. The van der Waals surface area contributed by atoms with Crippen molar-refractivity contribution < 1.29 is 5.21 Å². The van der Waals surface area contributed by atoms with Gasteiger partial charge in [0.2, 0.25) is 0 Å². The van der Waals surface area contributed by atoms with Gasteiger partial charge in [-0.15, -0.1) is 0 Å². The van der Waals surface area contributed by atoms with E-state index in [0.29, 0.717) is 11.7 Å². The van der Waals surface area contributed by atoms with Crippen molar-refractivity contribution in [3.63, 3.8) is 0 Å². The molecule has 0 aliphatic heterocycles. The fourth-order valence-electron chi connectivity index (χ4n) is 2.55. The number of nitrogens with zero attached hydrogens (tertiary/aromatic N) is 2. The summed E-state index contributed by atoms with van der Waals surface area (Å²) in [6, 6.07) is 4.41. The highest BCUT2D eigenvalue weighted by Crippen LogP contribution is 2.29. The molecule has 0 spiro atoms. The first-order valence-electron chi connectivity index (χ1n) is 7.00. The third kappa shape index (κ3) is 4.11. The number of thioether (sulfide) groups is 1. The lowest BCUT2D eigenvalue weighted by molar-refractivity contribution is 0.318. The lowest BCUT2D eigenvalue weighted by atomic mass is 10.2. The van der Waals surface area contributed by atoms with Crippen LogP contribution in [0.15, 0.2) is 23.5 Å². The van der Waals surface area contributed by atoms with Crippen molar-refractivity contribution >= 4 is 17.6 Å². The van der Waals surface area contributed by atoms with Crippen LogP contribution in [0.4, 0.5) is 0 Å². The van der Waals surface area contributed by atoms with Gasteiger partial charge < -0.3 is 16.3 Å². The first-order chi connectivity index (χ1) is 9.72. The molecular weight excluding hydrogens is 272 g/mol. The van der Waals surface area contributed by atoms with Crippen molar-refractivity contribution in [1.82, 2.24) is 10.3 Å². The SMILES string of the molecule is CCSC1CCC(NCc2ccnc(/C(N)=N/O)c2)C1. The summed E-state index contributed by atoms with van der Waals surface area (Å²) in [5.74, 6) is 1.25. The van der Waals surface area contributed by atoms with Crippen LogP contribution < -0.4 is 11.1 Å². The van der Waals surface area contributed by atoms with Gasteiger partial charge in [-0.1, -0.05) is 12.1 Å². The lowest BCUT2D eigenvalue weighted by Gasteiger charge is -2.13. The van der Waals surface area contributed by atoms with Crippen LogP contribution >= 0.6 is 11.8 Å². The fraction of sp³-hybridized carbons (Fsp3) is 0.571. The van der Waals surface area contributed by atoms with Gasteiger partial charge in [0.25, 0.3) is 0 Å². The molecular formula is C14H22N4OS. The molecule has 0 bridgehead atoms. The molecule has 6 heteroatoms. The average molecular weight is 294 g/mol. The van der Waals surface area contributed by atoms with E-state index in [9.17, 15) is 0 Å². The number of rotatable bonds is 6. The number of amidine groups is 1. The van der Waals surface area contributed by atoms with E-state index >= 15 is 0 Å². The van der Waals surface area contributed by atoms with Gasteiger partial charge in [0.1, 0.15) is 5.69 Å². The van der Waals surface area contributed by atoms with Crippen molar-refractivity contribution in [2.75, 3.05) is 5.75 Å². The summed E-state index contributed by atoms with van der Waals surface area (Å²) in [5.41, 5.74) is 7.16. The highest BCUT2D eigenvalue weighted by Gasteiger charge is 2.23. The van der Waals surface area contributed by atoms with Crippen LogP contribution in [0.2, 0.25) is 0 Å². The highest BCUT2D eigenvalue weighted by atomic mass is 32.2. The Balaban J connectivity index is 1.85. The van der Waals surface area contributed by atoms with E-state index < -0.39 is 0 Å². The fourth-order valence-corrected chi connectivity index (χ4v) is 3.69. The average Bonchev–Trinajstić information content (AvgIpc) is 2.93. The second-order valence-electron chi connectivity index (χ2n) is 5.00. The van der Waals surface area contributed by atoms with E-state index in [4.69, 9.17) is 10.9 Å². The summed E-state index contributed by atoms with van der Waals surface area (Å²) in [4.78, 5) is 4.08. The lowest BCUT2D eigenvalue weighted by Crippen LogP contribution is -2.26. The Hall–Kier alpha value is -1.27. The number of oxime groups is 1. The molecule has 5 nitrogen and oxygen atoms in total. The van der Waals surface area contributed by atoms with Gasteiger partial charge in [-0.25, -0.2) is 0 Å². The predicted molar refractivity (Wildman–Crippen MR) is 83.1 cm³/mol. The van der Waals surface area contributed by atoms with E-state index in [2.05, 4.69) is 34.1 Å². The van der Waals surface area contributed by atoms with Crippen molar-refractivity contribution in [2.45, 2.75) is 44.0 Å². The predicted octanol–water partition coefficient (Wildman–Crippen LogP) is 1.94. The minimum atomic E-state index is 0.0483. The molecule has 0 aromatic carbocycles. The van der Waals surface area contributed by atoms with E-state index in [0.717, 1.165) is 17.4 Å². The summed E-state index contributed by atoms with van der Waals surface area (Å²) in [7, 11) is 0. The van der Waals surface area contributed by atoms with Crippen LogP contribution in [0.1, 0.15) is 37.4 Å². The maximum absolute atomic E-state index is 8.67. The first kappa shape index (κ1) is 15.1. The van der Waals surface area contributed by atoms with Gasteiger partial charge in [0, 0.05) is 24.0 Å². The molecule has 1 aromatic heterocycles. The molecule has 0 radical (unpaired) electrons. The summed E-state index contributed by atoms with van der Waals surface area (Å²) >= 11 is 2.06. The van der Waals surface area contributed by atoms with E-state index in [1.54, 1.807) is 6.20 Å². The Morgan fingerprint density at radius 1 is 1.60 bits per heavy atom. The number of hydrogen-bond acceptors (Lipinski definition) is 5. The zero-order valence-electron chi connectivity index (χ0n) is 11.7. The Morgan fingerprint density at radius 2 is 2.45 bits per heavy atom. The number of hydrogen-bond donors (Lipinski definition) is 3. The largest absolute Gasteiger partial charge is 0.409 e. The standard InChI is InChI=1S/C14H22N4OS/c1-2-20-12-4-3-11(8-12)17-9-10-5-6-16-13(7-10)14(15)18-19/h5-7,11-12,17,19H,2-4,8-9H2,1H3,(H2,15,18). The molecule has 1 heterocycles. The second-order valence-corrected chi connectivity index (χ2v) is 6.58. The minimum absolute atomic E-state index is 0.0483. The molecule has 4 N–H and O–H groups in total. The Bertz CT molecular complexity index is 466. The van der Waals surface area contributed by atoms with Gasteiger partial charge in [-0.05, 0) is 42.7 Å². The summed E-state index contributed by atoms with van der Waals surface area (Å²) < 4.78 is 0. The topological polar surface area (TPSA) is 83.5 Å². The number of pyridine rings is 1. The molecule has 2 atom stereocenters. The maximum Gasteiger partial charge on any atom is 0.188 e. The smallest absolute Gasteiger partial charge is 0.188 e. The van der Waals surface area contributed by atoms with Crippen molar-refractivity contribution in [3.8, 4) is 0 Å². The molecule has 2 unspecified atom stereocenters. The number of nitrogens with one attached hydrogen (secondary N) is 1. The monoisotopic (exact) mass is 294 g/mol. The highest BCUT2D eigenvalue weighted by molar-refractivity contribution is 7.99. The van der Waals surface area contributed by atoms with E-state index in [1.807, 2.05) is 12.1 Å². The van der Waals surface area contributed by atoms with Crippen LogP contribution in [0.5, 0.6) is 0 Å². The van der Waals surface area contributed by atoms with Crippen LogP contribution in [0, 0.1) is 0 Å². The molecule has 0 amide bonds. The minimum Gasteiger partial charge on any atom is -0.409 e. The Morgan fingerprint density at radius 3 is 3.20 bits per heavy atom. The normalized spacial score (nSPS) is 23.1. The van der Waals surface area contributed by atoms with Gasteiger partial charge in [0.15, 0.2) is 5.84 Å². The Labute approximate surface area is 124 Å². The quantitative estimate of drug-likeness (QED) is 0.323. The summed E-state index contributed by atoms with van der Waals surface area (Å²) in [6.07, 6.45) is 5.49. The van der Waals surface area contributed by atoms with Crippen LogP contribution in [0.3, 0.4) is 0 Å².